The molecule has 2 rings (SSSR count). The molecule has 1 aliphatic carbocycles. The van der Waals surface area contributed by atoms with Crippen LogP contribution in [0.15, 0.2) is 5.16 Å². The molecule has 3 N–H and O–H groups in total. The molecule has 1 saturated carbocycles. The second kappa shape index (κ2) is 6.24. The van der Waals surface area contributed by atoms with Gasteiger partial charge in [0.15, 0.2) is 0 Å². The molecule has 17 heavy (non-hydrogen) atoms. The van der Waals surface area contributed by atoms with Gasteiger partial charge in [0.05, 0.1) is 0 Å². The van der Waals surface area contributed by atoms with E-state index in [0.717, 1.165) is 24.8 Å². The maximum atomic E-state index is 8.45. The summed E-state index contributed by atoms with van der Waals surface area (Å²) in [6, 6.07) is 0.868. The van der Waals surface area contributed by atoms with Gasteiger partial charge in [-0.05, 0) is 51.1 Å². The minimum Gasteiger partial charge on any atom is -0.409 e. The molecule has 1 aliphatic heterocycles. The topological polar surface area (TPSA) is 61.8 Å². The predicted octanol–water partition coefficient (Wildman–Crippen LogP) is 2.17. The Kier molecular flexibility index (Phi) is 4.66. The Bertz CT molecular complexity index is 267. The molecule has 0 spiro atoms. The molecule has 0 aromatic heterocycles. The van der Waals surface area contributed by atoms with Crippen LogP contribution in [0.5, 0.6) is 0 Å². The van der Waals surface area contributed by atoms with Crippen LogP contribution >= 0.6 is 0 Å². The van der Waals surface area contributed by atoms with Crippen LogP contribution in [0.2, 0.25) is 0 Å². The summed E-state index contributed by atoms with van der Waals surface area (Å²) in [4.78, 5) is 2.68. The second-order valence-corrected chi connectivity index (χ2v) is 5.48. The van der Waals surface area contributed by atoms with Crippen molar-refractivity contribution in [2.24, 2.45) is 16.8 Å². The molecule has 2 unspecified atom stereocenters. The van der Waals surface area contributed by atoms with Crippen molar-refractivity contribution in [1.29, 1.82) is 0 Å². The highest BCUT2D eigenvalue weighted by Gasteiger charge is 2.34. The van der Waals surface area contributed by atoms with Crippen LogP contribution < -0.4 is 5.73 Å². The molecule has 4 heteroatoms. The third kappa shape index (κ3) is 3.35. The van der Waals surface area contributed by atoms with E-state index in [9.17, 15) is 0 Å². The Morgan fingerprint density at radius 3 is 2.88 bits per heavy atom. The Morgan fingerprint density at radius 2 is 2.06 bits per heavy atom. The third-order valence-electron chi connectivity index (χ3n) is 4.38. The molecule has 0 bridgehead atoms. The van der Waals surface area contributed by atoms with Crippen molar-refractivity contribution in [2.75, 3.05) is 13.1 Å². The van der Waals surface area contributed by atoms with Crippen LogP contribution in [0.25, 0.3) is 0 Å². The first-order valence-corrected chi connectivity index (χ1v) is 7.01. The first kappa shape index (κ1) is 12.7. The first-order chi connectivity index (χ1) is 8.31. The van der Waals surface area contributed by atoms with Gasteiger partial charge in [-0.1, -0.05) is 18.0 Å². The number of fused-ring (bicyclic) bond motifs is 1. The summed E-state index contributed by atoms with van der Waals surface area (Å²) in [5.74, 6) is 1.34. The highest BCUT2D eigenvalue weighted by molar-refractivity contribution is 5.79. The zero-order valence-electron chi connectivity index (χ0n) is 10.6. The van der Waals surface area contributed by atoms with E-state index in [-0.39, 0.29) is 0 Å². The first-order valence-electron chi connectivity index (χ1n) is 7.01. The number of nitrogens with two attached hydrogens (primary N) is 1. The zero-order valence-corrected chi connectivity index (χ0v) is 10.6. The number of likely N-dealkylation sites (tertiary alicyclic amines) is 1. The predicted molar refractivity (Wildman–Crippen MR) is 69.2 cm³/mol. The maximum Gasteiger partial charge on any atom is 0.139 e. The van der Waals surface area contributed by atoms with E-state index >= 15 is 0 Å². The Hall–Kier alpha value is -0.770. The maximum absolute atomic E-state index is 8.45. The molecule has 0 amide bonds. The normalized spacial score (nSPS) is 30.5. The molecule has 4 nitrogen and oxygen atoms in total. The van der Waals surface area contributed by atoms with E-state index in [1.165, 1.54) is 51.6 Å². The van der Waals surface area contributed by atoms with Gasteiger partial charge < -0.3 is 15.8 Å². The Balaban J connectivity index is 1.66. The molecule has 2 atom stereocenters. The van der Waals surface area contributed by atoms with Crippen LogP contribution in [0.3, 0.4) is 0 Å². The number of hydrogen-bond acceptors (Lipinski definition) is 3. The summed E-state index contributed by atoms with van der Waals surface area (Å²) in [7, 11) is 0. The van der Waals surface area contributed by atoms with Gasteiger partial charge in [-0.3, -0.25) is 0 Å². The molecule has 1 heterocycles. The summed E-state index contributed by atoms with van der Waals surface area (Å²) >= 11 is 0. The number of oxime groups is 1. The SMILES string of the molecule is NC(CCCCN1CCC2CCCCC21)=NO. The molecule has 0 aromatic rings. The second-order valence-electron chi connectivity index (χ2n) is 5.48. The van der Waals surface area contributed by atoms with Gasteiger partial charge in [0.1, 0.15) is 5.84 Å². The van der Waals surface area contributed by atoms with Crippen molar-refractivity contribution < 1.29 is 5.21 Å². The Morgan fingerprint density at radius 1 is 1.24 bits per heavy atom. The molecule has 98 valence electrons. The molecule has 0 aromatic carbocycles. The average Bonchev–Trinajstić information content (AvgIpc) is 2.78. The lowest BCUT2D eigenvalue weighted by Gasteiger charge is -2.31. The largest absolute Gasteiger partial charge is 0.409 e. The lowest BCUT2D eigenvalue weighted by molar-refractivity contribution is 0.180. The number of amidine groups is 1. The fourth-order valence-corrected chi connectivity index (χ4v) is 3.45. The van der Waals surface area contributed by atoms with Crippen molar-refractivity contribution in [2.45, 2.75) is 57.4 Å². The van der Waals surface area contributed by atoms with Gasteiger partial charge >= 0.3 is 0 Å². The van der Waals surface area contributed by atoms with Gasteiger partial charge in [-0.15, -0.1) is 0 Å². The monoisotopic (exact) mass is 239 g/mol. The summed E-state index contributed by atoms with van der Waals surface area (Å²) in [6.45, 7) is 2.48. The lowest BCUT2D eigenvalue weighted by Crippen LogP contribution is -2.35. The van der Waals surface area contributed by atoms with E-state index in [1.54, 1.807) is 0 Å². The highest BCUT2D eigenvalue weighted by Crippen LogP contribution is 2.36. The fraction of sp³-hybridized carbons (Fsp3) is 0.923. The summed E-state index contributed by atoms with van der Waals surface area (Å²) in [5, 5.41) is 11.5. The van der Waals surface area contributed by atoms with Gasteiger partial charge in [0, 0.05) is 12.5 Å². The van der Waals surface area contributed by atoms with Crippen molar-refractivity contribution in [3.05, 3.63) is 0 Å². The molecule has 2 aliphatic rings. The smallest absolute Gasteiger partial charge is 0.139 e. The summed E-state index contributed by atoms with van der Waals surface area (Å²) in [5.41, 5.74) is 5.46. The summed E-state index contributed by atoms with van der Waals surface area (Å²) in [6.07, 6.45) is 10.0. The van der Waals surface area contributed by atoms with Crippen LogP contribution in [0, 0.1) is 5.92 Å². The van der Waals surface area contributed by atoms with Gasteiger partial charge in [0.25, 0.3) is 0 Å². The third-order valence-corrected chi connectivity index (χ3v) is 4.38. The van der Waals surface area contributed by atoms with E-state index in [4.69, 9.17) is 10.9 Å². The minimum atomic E-state index is 0.363. The minimum absolute atomic E-state index is 0.363. The average molecular weight is 239 g/mol. The van der Waals surface area contributed by atoms with E-state index in [1.807, 2.05) is 0 Å². The van der Waals surface area contributed by atoms with Crippen molar-refractivity contribution in [3.8, 4) is 0 Å². The number of nitrogens with zero attached hydrogens (tertiary/aromatic N) is 2. The van der Waals surface area contributed by atoms with Gasteiger partial charge in [0.2, 0.25) is 0 Å². The molecular formula is C13H25N3O. The zero-order chi connectivity index (χ0) is 12.1. The van der Waals surface area contributed by atoms with Crippen molar-refractivity contribution in [1.82, 2.24) is 4.90 Å². The Labute approximate surface area is 104 Å². The van der Waals surface area contributed by atoms with Crippen molar-refractivity contribution >= 4 is 5.84 Å². The standard InChI is InChI=1S/C13H25N3O/c14-13(15-17)7-3-4-9-16-10-8-11-5-1-2-6-12(11)16/h11-12,17H,1-10H2,(H2,14,15). The molecule has 1 saturated heterocycles. The lowest BCUT2D eigenvalue weighted by atomic mass is 9.85. The number of hydrogen-bond donors (Lipinski definition) is 2. The molecule has 2 fully saturated rings. The number of rotatable bonds is 5. The van der Waals surface area contributed by atoms with E-state index in [0.29, 0.717) is 5.84 Å². The molecular weight excluding hydrogens is 214 g/mol. The number of unbranched alkanes of at least 4 members (excludes halogenated alkanes) is 1. The van der Waals surface area contributed by atoms with Crippen molar-refractivity contribution in [3.63, 3.8) is 0 Å². The quantitative estimate of drug-likeness (QED) is 0.254. The van der Waals surface area contributed by atoms with Crippen LogP contribution in [-0.2, 0) is 0 Å². The summed E-state index contributed by atoms with van der Waals surface area (Å²) < 4.78 is 0. The fourth-order valence-electron chi connectivity index (χ4n) is 3.45. The molecule has 0 radical (unpaired) electrons. The van der Waals surface area contributed by atoms with Crippen LogP contribution in [0.1, 0.15) is 51.4 Å². The van der Waals surface area contributed by atoms with Crippen LogP contribution in [-0.4, -0.2) is 35.1 Å². The van der Waals surface area contributed by atoms with Gasteiger partial charge in [-0.25, -0.2) is 0 Å². The highest BCUT2D eigenvalue weighted by atomic mass is 16.4. The van der Waals surface area contributed by atoms with E-state index < -0.39 is 0 Å². The van der Waals surface area contributed by atoms with Gasteiger partial charge in [-0.2, -0.15) is 0 Å². The van der Waals surface area contributed by atoms with E-state index in [2.05, 4.69) is 10.1 Å². The van der Waals surface area contributed by atoms with Crippen LogP contribution in [0.4, 0.5) is 0 Å².